The molecule has 4 rings (SSSR count). The quantitative estimate of drug-likeness (QED) is 0.783. The Balaban J connectivity index is 1.47. The summed E-state index contributed by atoms with van der Waals surface area (Å²) in [5.74, 6) is 0.0290. The van der Waals surface area contributed by atoms with E-state index in [1.165, 1.54) is 12.1 Å². The van der Waals surface area contributed by atoms with Gasteiger partial charge in [-0.05, 0) is 62.9 Å². The highest BCUT2D eigenvalue weighted by Crippen LogP contribution is 2.40. The summed E-state index contributed by atoms with van der Waals surface area (Å²) in [6.07, 6.45) is 4.04. The molecule has 0 radical (unpaired) electrons. The number of halogens is 1. The first-order valence-electron chi connectivity index (χ1n) is 10.3. The average Bonchev–Trinajstić information content (AvgIpc) is 3.46. The smallest absolute Gasteiger partial charge is 0.272 e. The van der Waals surface area contributed by atoms with Crippen LogP contribution in [0.1, 0.15) is 42.7 Å². The number of hydrogen-bond acceptors (Lipinski definition) is 6. The summed E-state index contributed by atoms with van der Waals surface area (Å²) in [7, 11) is 1.56. The molecule has 2 atom stereocenters. The zero-order chi connectivity index (χ0) is 21.3. The largest absolute Gasteiger partial charge is 0.496 e. The van der Waals surface area contributed by atoms with E-state index in [2.05, 4.69) is 20.4 Å². The van der Waals surface area contributed by atoms with E-state index in [9.17, 15) is 9.18 Å². The normalized spacial score (nSPS) is 22.5. The minimum atomic E-state index is -0.405. The molecule has 1 saturated carbocycles. The summed E-state index contributed by atoms with van der Waals surface area (Å²) >= 11 is 0. The van der Waals surface area contributed by atoms with Crippen LogP contribution < -0.4 is 15.0 Å². The molecule has 1 N–H and O–H groups in total. The summed E-state index contributed by atoms with van der Waals surface area (Å²) in [4.78, 5) is 15.1. The Labute approximate surface area is 175 Å². The van der Waals surface area contributed by atoms with E-state index in [1.807, 2.05) is 13.8 Å². The molecule has 1 unspecified atom stereocenters. The van der Waals surface area contributed by atoms with Gasteiger partial charge in [0.05, 0.1) is 31.2 Å². The first-order chi connectivity index (χ1) is 14.4. The molecule has 160 valence electrons. The second-order valence-electron chi connectivity index (χ2n) is 8.33. The Morgan fingerprint density at radius 2 is 2.03 bits per heavy atom. The van der Waals surface area contributed by atoms with Crippen molar-refractivity contribution in [1.82, 2.24) is 15.5 Å². The molecule has 8 heteroatoms. The predicted octanol–water partition coefficient (Wildman–Crippen LogP) is 2.74. The molecule has 1 aromatic carbocycles. The van der Waals surface area contributed by atoms with Crippen molar-refractivity contribution in [3.05, 3.63) is 47.5 Å². The number of methoxy groups -OCH3 is 1. The Hall–Kier alpha value is -2.74. The molecule has 2 aliphatic rings. The number of anilines is 1. The van der Waals surface area contributed by atoms with E-state index in [1.54, 1.807) is 25.4 Å². The lowest BCUT2D eigenvalue weighted by Gasteiger charge is -2.36. The number of carbonyl (C=O) groups excluding carboxylic acids is 1. The zero-order valence-corrected chi connectivity index (χ0v) is 17.5. The van der Waals surface area contributed by atoms with Crippen molar-refractivity contribution in [1.29, 1.82) is 0 Å². The second-order valence-corrected chi connectivity index (χ2v) is 8.33. The third-order valence-electron chi connectivity index (χ3n) is 5.66. The van der Waals surface area contributed by atoms with Gasteiger partial charge < -0.3 is 19.7 Å². The Morgan fingerprint density at radius 3 is 2.70 bits per heavy atom. The molecular weight excluding hydrogens is 387 g/mol. The SMILES string of the molecule is COc1ccc(F)cc1CC1(NC(=O)c2cc(N3CC(C)O[C@H](C)C3)cnn2)CC1. The Kier molecular flexibility index (Phi) is 5.60. The molecule has 2 fully saturated rings. The number of amides is 1. The van der Waals surface area contributed by atoms with Gasteiger partial charge in [-0.1, -0.05) is 0 Å². The lowest BCUT2D eigenvalue weighted by atomic mass is 10.0. The van der Waals surface area contributed by atoms with Gasteiger partial charge >= 0.3 is 0 Å². The number of nitrogens with one attached hydrogen (secondary N) is 1. The number of nitrogens with zero attached hydrogens (tertiary/aromatic N) is 3. The first kappa shape index (κ1) is 20.5. The monoisotopic (exact) mass is 414 g/mol. The van der Waals surface area contributed by atoms with E-state index in [4.69, 9.17) is 9.47 Å². The number of carbonyl (C=O) groups is 1. The van der Waals surface area contributed by atoms with Crippen molar-refractivity contribution in [3.8, 4) is 5.75 Å². The van der Waals surface area contributed by atoms with Crippen LogP contribution in [0.15, 0.2) is 30.5 Å². The second kappa shape index (κ2) is 8.18. The van der Waals surface area contributed by atoms with Crippen LogP contribution in [-0.4, -0.2) is 54.1 Å². The molecule has 30 heavy (non-hydrogen) atoms. The fraction of sp³-hybridized carbons (Fsp3) is 0.500. The van der Waals surface area contributed by atoms with Gasteiger partial charge in [0.25, 0.3) is 5.91 Å². The number of aromatic nitrogens is 2. The Morgan fingerprint density at radius 1 is 1.30 bits per heavy atom. The molecule has 7 nitrogen and oxygen atoms in total. The van der Waals surface area contributed by atoms with Crippen molar-refractivity contribution in [2.45, 2.75) is 50.9 Å². The molecule has 2 heterocycles. The lowest BCUT2D eigenvalue weighted by Crippen LogP contribution is -2.45. The number of ether oxygens (including phenoxy) is 2. The number of rotatable bonds is 6. The van der Waals surface area contributed by atoms with E-state index in [0.717, 1.165) is 37.2 Å². The molecule has 0 spiro atoms. The summed E-state index contributed by atoms with van der Waals surface area (Å²) < 4.78 is 24.8. The summed E-state index contributed by atoms with van der Waals surface area (Å²) in [5.41, 5.74) is 1.47. The third kappa shape index (κ3) is 4.53. The fourth-order valence-corrected chi connectivity index (χ4v) is 4.08. The fourth-order valence-electron chi connectivity index (χ4n) is 4.08. The van der Waals surface area contributed by atoms with Crippen molar-refractivity contribution < 1.29 is 18.7 Å². The lowest BCUT2D eigenvalue weighted by molar-refractivity contribution is -0.00524. The van der Waals surface area contributed by atoms with Crippen LogP contribution in [0.4, 0.5) is 10.1 Å². The number of hydrogen-bond donors (Lipinski definition) is 1. The van der Waals surface area contributed by atoms with Gasteiger partial charge in [-0.15, -0.1) is 5.10 Å². The zero-order valence-electron chi connectivity index (χ0n) is 17.5. The molecule has 2 aromatic rings. The van der Waals surface area contributed by atoms with E-state index >= 15 is 0 Å². The van der Waals surface area contributed by atoms with Gasteiger partial charge in [0.2, 0.25) is 0 Å². The molecule has 1 aromatic heterocycles. The highest BCUT2D eigenvalue weighted by molar-refractivity contribution is 5.93. The first-order valence-corrected chi connectivity index (χ1v) is 10.3. The van der Waals surface area contributed by atoms with Gasteiger partial charge in [-0.25, -0.2) is 4.39 Å². The molecule has 1 saturated heterocycles. The van der Waals surface area contributed by atoms with Crippen molar-refractivity contribution in [2.75, 3.05) is 25.1 Å². The molecule has 0 bridgehead atoms. The van der Waals surface area contributed by atoms with Crippen LogP contribution in [0.2, 0.25) is 0 Å². The van der Waals surface area contributed by atoms with Gasteiger partial charge in [0.15, 0.2) is 5.69 Å². The molecule has 1 amide bonds. The van der Waals surface area contributed by atoms with Gasteiger partial charge in [0, 0.05) is 18.6 Å². The summed E-state index contributed by atoms with van der Waals surface area (Å²) in [6, 6.07) is 6.22. The minimum Gasteiger partial charge on any atom is -0.496 e. The van der Waals surface area contributed by atoms with Crippen molar-refractivity contribution >= 4 is 11.6 Å². The predicted molar refractivity (Wildman–Crippen MR) is 110 cm³/mol. The maximum Gasteiger partial charge on any atom is 0.272 e. The molecule has 1 aliphatic heterocycles. The van der Waals surface area contributed by atoms with Crippen LogP contribution in [-0.2, 0) is 11.2 Å². The number of morpholine rings is 1. The summed E-state index contributed by atoms with van der Waals surface area (Å²) in [6.45, 7) is 5.53. The molecule has 1 aliphatic carbocycles. The highest BCUT2D eigenvalue weighted by Gasteiger charge is 2.45. The van der Waals surface area contributed by atoms with E-state index in [0.29, 0.717) is 12.2 Å². The molecular formula is C22H27FN4O3. The van der Waals surface area contributed by atoms with Gasteiger partial charge in [-0.2, -0.15) is 5.10 Å². The van der Waals surface area contributed by atoms with Crippen LogP contribution in [0.5, 0.6) is 5.75 Å². The Bertz CT molecular complexity index is 924. The summed E-state index contributed by atoms with van der Waals surface area (Å²) in [5, 5.41) is 11.2. The highest BCUT2D eigenvalue weighted by atomic mass is 19.1. The van der Waals surface area contributed by atoms with E-state index in [-0.39, 0.29) is 29.6 Å². The van der Waals surface area contributed by atoms with Crippen LogP contribution in [0, 0.1) is 5.82 Å². The van der Waals surface area contributed by atoms with Crippen LogP contribution in [0.3, 0.4) is 0 Å². The maximum atomic E-state index is 13.7. The average molecular weight is 414 g/mol. The standard InChI is InChI=1S/C22H27FN4O3/c1-14-12-27(13-15(2)30-14)18-9-19(26-24-11-18)21(28)25-22(6-7-22)10-16-8-17(23)4-5-20(16)29-3/h4-5,8-9,11,14-15H,6-7,10,12-13H2,1-3H3,(H,25,28)/t14-,15?/m1/s1. The van der Waals surface area contributed by atoms with E-state index < -0.39 is 5.54 Å². The maximum absolute atomic E-state index is 13.7. The van der Waals surface area contributed by atoms with Crippen LogP contribution in [0.25, 0.3) is 0 Å². The van der Waals surface area contributed by atoms with Gasteiger partial charge in [0.1, 0.15) is 11.6 Å². The third-order valence-corrected chi connectivity index (χ3v) is 5.66. The van der Waals surface area contributed by atoms with Gasteiger partial charge in [-0.3, -0.25) is 4.79 Å². The minimum absolute atomic E-state index is 0.107. The topological polar surface area (TPSA) is 76.6 Å². The van der Waals surface area contributed by atoms with Crippen molar-refractivity contribution in [2.24, 2.45) is 0 Å². The number of benzene rings is 1. The van der Waals surface area contributed by atoms with Crippen molar-refractivity contribution in [3.63, 3.8) is 0 Å². The van der Waals surface area contributed by atoms with Crippen LogP contribution >= 0.6 is 0 Å².